The van der Waals surface area contributed by atoms with Crippen LogP contribution in [0.5, 0.6) is 11.5 Å². The molecule has 46 heavy (non-hydrogen) atoms. The van der Waals surface area contributed by atoms with Crippen LogP contribution in [0, 0.1) is 0 Å². The number of likely N-dealkylation sites (tertiary alicyclic amines) is 1. The first-order valence-electron chi connectivity index (χ1n) is 16.0. The summed E-state index contributed by atoms with van der Waals surface area (Å²) in [6, 6.07) is 23.6. The Morgan fingerprint density at radius 3 is 2.43 bits per heavy atom. The Morgan fingerprint density at radius 1 is 0.957 bits per heavy atom. The van der Waals surface area contributed by atoms with Crippen LogP contribution < -0.4 is 14.4 Å². The molecule has 3 aromatic carbocycles. The number of hydrogen-bond acceptors (Lipinski definition) is 9. The van der Waals surface area contributed by atoms with E-state index in [4.69, 9.17) is 28.4 Å². The summed E-state index contributed by atoms with van der Waals surface area (Å²) >= 11 is 0. The highest BCUT2D eigenvalue weighted by molar-refractivity contribution is 5.68. The van der Waals surface area contributed by atoms with E-state index in [1.54, 1.807) is 26.0 Å². The molecule has 3 aromatic rings. The van der Waals surface area contributed by atoms with Crippen LogP contribution in [0.2, 0.25) is 0 Å². The van der Waals surface area contributed by atoms with Crippen LogP contribution in [0.3, 0.4) is 0 Å². The molecule has 5 rings (SSSR count). The smallest absolute Gasteiger partial charge is 0.410 e. The lowest BCUT2D eigenvalue weighted by molar-refractivity contribution is -0.103. The molecule has 4 atom stereocenters. The lowest BCUT2D eigenvalue weighted by Gasteiger charge is -2.43. The minimum Gasteiger partial charge on any atom is -0.497 e. The Labute approximate surface area is 271 Å². The van der Waals surface area contributed by atoms with Gasteiger partial charge in [0.05, 0.1) is 64.0 Å². The van der Waals surface area contributed by atoms with Gasteiger partial charge in [-0.05, 0) is 54.3 Å². The van der Waals surface area contributed by atoms with Gasteiger partial charge in [0.1, 0.15) is 24.7 Å². The summed E-state index contributed by atoms with van der Waals surface area (Å²) in [5, 5.41) is 10.1. The number of nitrogens with zero attached hydrogens (tertiary/aromatic N) is 2. The van der Waals surface area contributed by atoms with Crippen LogP contribution in [0.1, 0.15) is 36.0 Å². The molecule has 10 nitrogen and oxygen atoms in total. The molecule has 2 heterocycles. The Morgan fingerprint density at radius 2 is 1.72 bits per heavy atom. The van der Waals surface area contributed by atoms with Crippen LogP contribution in [-0.4, -0.2) is 94.6 Å². The summed E-state index contributed by atoms with van der Waals surface area (Å²) < 4.78 is 35.3. The first-order valence-corrected chi connectivity index (χ1v) is 16.0. The van der Waals surface area contributed by atoms with Crippen LogP contribution in [0.15, 0.2) is 72.8 Å². The number of piperidine rings is 1. The van der Waals surface area contributed by atoms with E-state index >= 15 is 0 Å². The summed E-state index contributed by atoms with van der Waals surface area (Å²) in [6.07, 6.45) is -1.05. The van der Waals surface area contributed by atoms with Crippen LogP contribution in [-0.2, 0) is 32.2 Å². The molecule has 1 fully saturated rings. The molecule has 0 saturated carbocycles. The predicted octanol–water partition coefficient (Wildman–Crippen LogP) is 5.02. The van der Waals surface area contributed by atoms with Gasteiger partial charge >= 0.3 is 6.09 Å². The van der Waals surface area contributed by atoms with Crippen molar-refractivity contribution in [3.63, 3.8) is 0 Å². The van der Waals surface area contributed by atoms with E-state index in [-0.39, 0.29) is 19.1 Å². The largest absolute Gasteiger partial charge is 0.497 e. The third kappa shape index (κ3) is 8.91. The van der Waals surface area contributed by atoms with Crippen molar-refractivity contribution >= 4 is 11.8 Å². The number of anilines is 1. The van der Waals surface area contributed by atoms with Gasteiger partial charge in [-0.3, -0.25) is 0 Å². The maximum Gasteiger partial charge on any atom is 0.410 e. The quantitative estimate of drug-likeness (QED) is 0.245. The highest BCUT2D eigenvalue weighted by atomic mass is 16.6. The normalized spacial score (nSPS) is 20.0. The average molecular weight is 635 g/mol. The average Bonchev–Trinajstić information content (AvgIpc) is 3.09. The van der Waals surface area contributed by atoms with Crippen LogP contribution >= 0.6 is 0 Å². The van der Waals surface area contributed by atoms with Crippen molar-refractivity contribution in [2.45, 2.75) is 50.8 Å². The molecule has 0 spiro atoms. The number of methoxy groups -OCH3 is 2. The standard InChI is InChI=1S/C36H46N2O8/c1-26(39)23-44-33-21-38(36(40)46-24-27-8-5-4-6-9-27)22-34(35(33)29-11-13-30(42-3)14-12-29)45-25-28-10-15-32-31(20-28)37(17-19-43-32)16-7-18-41-2/h4-6,8-15,20,26,33-35,39H,7,16-19,21-25H2,1-3H3/t26?,33-,34+,35+/m1/s1. The van der Waals surface area contributed by atoms with Crippen molar-refractivity contribution in [1.29, 1.82) is 0 Å². The fourth-order valence-corrected chi connectivity index (χ4v) is 6.01. The molecule has 1 N–H and O–H groups in total. The zero-order valence-corrected chi connectivity index (χ0v) is 27.0. The Kier molecular flexibility index (Phi) is 12.1. The third-order valence-corrected chi connectivity index (χ3v) is 8.34. The second-order valence-corrected chi connectivity index (χ2v) is 11.8. The summed E-state index contributed by atoms with van der Waals surface area (Å²) in [5.41, 5.74) is 3.95. The molecule has 1 unspecified atom stereocenters. The van der Waals surface area contributed by atoms with Crippen molar-refractivity contribution in [3.05, 3.63) is 89.5 Å². The fourth-order valence-electron chi connectivity index (χ4n) is 6.01. The molecule has 248 valence electrons. The SMILES string of the molecule is COCCCN1CCOc2ccc(CO[C@H]3CN(C(=O)OCc4ccccc4)C[C@@H](OCC(C)O)[C@@H]3c3ccc(OC)cc3)cc21. The Hall–Kier alpha value is -3.83. The van der Waals surface area contributed by atoms with E-state index in [0.717, 1.165) is 53.4 Å². The minimum absolute atomic E-state index is 0.126. The van der Waals surface area contributed by atoms with Crippen molar-refractivity contribution < 1.29 is 38.3 Å². The molecule has 1 saturated heterocycles. The first-order chi connectivity index (χ1) is 22.4. The summed E-state index contributed by atoms with van der Waals surface area (Å²) in [6.45, 7) is 5.94. The van der Waals surface area contributed by atoms with E-state index in [1.165, 1.54) is 0 Å². The second-order valence-electron chi connectivity index (χ2n) is 11.8. The molecule has 2 aliphatic heterocycles. The van der Waals surface area contributed by atoms with Crippen molar-refractivity contribution in [1.82, 2.24) is 4.90 Å². The van der Waals surface area contributed by atoms with E-state index in [1.807, 2.05) is 66.7 Å². The summed E-state index contributed by atoms with van der Waals surface area (Å²) in [7, 11) is 3.36. The van der Waals surface area contributed by atoms with E-state index < -0.39 is 24.4 Å². The van der Waals surface area contributed by atoms with Gasteiger partial charge < -0.3 is 43.3 Å². The molecule has 10 heteroatoms. The highest BCUT2D eigenvalue weighted by Crippen LogP contribution is 2.36. The van der Waals surface area contributed by atoms with Gasteiger partial charge in [0.2, 0.25) is 0 Å². The number of carbonyl (C=O) groups is 1. The van der Waals surface area contributed by atoms with Gasteiger partial charge in [-0.2, -0.15) is 0 Å². The number of aliphatic hydroxyl groups is 1. The van der Waals surface area contributed by atoms with Gasteiger partial charge in [0.15, 0.2) is 0 Å². The van der Waals surface area contributed by atoms with Gasteiger partial charge in [-0.1, -0.05) is 48.5 Å². The predicted molar refractivity (Wildman–Crippen MR) is 175 cm³/mol. The zero-order chi connectivity index (χ0) is 32.3. The molecule has 0 radical (unpaired) electrons. The monoisotopic (exact) mass is 634 g/mol. The third-order valence-electron chi connectivity index (χ3n) is 8.34. The zero-order valence-electron chi connectivity index (χ0n) is 27.0. The number of ether oxygens (including phenoxy) is 6. The number of aliphatic hydroxyl groups excluding tert-OH is 1. The van der Waals surface area contributed by atoms with Gasteiger partial charge in [-0.25, -0.2) is 4.79 Å². The van der Waals surface area contributed by atoms with Crippen LogP contribution in [0.25, 0.3) is 0 Å². The maximum atomic E-state index is 13.4. The Balaban J connectivity index is 1.38. The number of benzene rings is 3. The van der Waals surface area contributed by atoms with Crippen LogP contribution in [0.4, 0.5) is 10.5 Å². The van der Waals surface area contributed by atoms with E-state index in [9.17, 15) is 9.90 Å². The second kappa shape index (κ2) is 16.6. The summed E-state index contributed by atoms with van der Waals surface area (Å²) in [4.78, 5) is 17.4. The lowest BCUT2D eigenvalue weighted by Crippen LogP contribution is -2.55. The Bertz CT molecular complexity index is 1370. The number of rotatable bonds is 14. The van der Waals surface area contributed by atoms with E-state index in [0.29, 0.717) is 32.9 Å². The summed E-state index contributed by atoms with van der Waals surface area (Å²) in [5.74, 6) is 1.39. The van der Waals surface area contributed by atoms with Crippen molar-refractivity contribution in [2.75, 3.05) is 65.1 Å². The van der Waals surface area contributed by atoms with Crippen molar-refractivity contribution in [2.24, 2.45) is 0 Å². The number of carbonyl (C=O) groups excluding carboxylic acids is 1. The molecule has 0 aliphatic carbocycles. The van der Waals surface area contributed by atoms with Gasteiger partial charge in [0, 0.05) is 26.2 Å². The number of amides is 1. The molecule has 0 bridgehead atoms. The maximum absolute atomic E-state index is 13.4. The first kappa shape index (κ1) is 33.5. The molecule has 1 amide bonds. The lowest BCUT2D eigenvalue weighted by atomic mass is 9.84. The molecular formula is C36H46N2O8. The molecule has 0 aromatic heterocycles. The number of fused-ring (bicyclic) bond motifs is 1. The van der Waals surface area contributed by atoms with E-state index in [2.05, 4.69) is 11.0 Å². The topological polar surface area (TPSA) is 99.2 Å². The molecule has 2 aliphatic rings. The number of hydrogen-bond donors (Lipinski definition) is 1. The molecular weight excluding hydrogens is 588 g/mol. The van der Waals surface area contributed by atoms with Crippen molar-refractivity contribution in [3.8, 4) is 11.5 Å². The van der Waals surface area contributed by atoms with Gasteiger partial charge in [0.25, 0.3) is 0 Å². The van der Waals surface area contributed by atoms with Gasteiger partial charge in [-0.15, -0.1) is 0 Å². The fraction of sp³-hybridized carbons (Fsp3) is 0.472. The highest BCUT2D eigenvalue weighted by Gasteiger charge is 2.42. The minimum atomic E-state index is -0.666.